The van der Waals surface area contributed by atoms with Gasteiger partial charge in [-0.2, -0.15) is 5.10 Å². The molecule has 4 heteroatoms. The third-order valence-electron chi connectivity index (χ3n) is 6.16. The fourth-order valence-corrected chi connectivity index (χ4v) is 4.45. The number of hydrogen-bond donors (Lipinski definition) is 0. The molecule has 1 aliphatic heterocycles. The van der Waals surface area contributed by atoms with Gasteiger partial charge in [0.2, 0.25) is 0 Å². The number of ketones is 1. The molecule has 0 radical (unpaired) electrons. The monoisotopic (exact) mass is 331 g/mol. The van der Waals surface area contributed by atoms with Crippen molar-refractivity contribution in [3.8, 4) is 0 Å². The molecule has 0 unspecified atom stereocenters. The molecule has 0 spiro atoms. The first-order valence-electron chi connectivity index (χ1n) is 9.97. The predicted molar refractivity (Wildman–Crippen MR) is 97.1 cm³/mol. The zero-order valence-electron chi connectivity index (χ0n) is 15.4. The van der Waals surface area contributed by atoms with Crippen LogP contribution in [0.1, 0.15) is 70.4 Å². The number of carbonyl (C=O) groups is 1. The van der Waals surface area contributed by atoms with Crippen LogP contribution in [-0.4, -0.2) is 40.1 Å². The van der Waals surface area contributed by atoms with Crippen LogP contribution >= 0.6 is 0 Å². The number of Topliss-reactive ketones (excluding diaryl/α,β-unsaturated/α-hetero) is 1. The molecule has 1 saturated carbocycles. The minimum Gasteiger partial charge on any atom is -0.303 e. The van der Waals surface area contributed by atoms with E-state index in [4.69, 9.17) is 0 Å². The first kappa shape index (κ1) is 17.7. The van der Waals surface area contributed by atoms with Crippen LogP contribution in [0.4, 0.5) is 0 Å². The molecule has 1 saturated heterocycles. The van der Waals surface area contributed by atoms with E-state index in [-0.39, 0.29) is 0 Å². The lowest BCUT2D eigenvalue weighted by Crippen LogP contribution is -2.39. The summed E-state index contributed by atoms with van der Waals surface area (Å²) in [5, 5.41) is 4.55. The molecule has 0 atom stereocenters. The van der Waals surface area contributed by atoms with Gasteiger partial charge < -0.3 is 4.90 Å². The Labute approximate surface area is 146 Å². The SMILES string of the molecule is CCC(=O)C1CCC(CN2CCC(n3cc(CC)cn3)CC2)CC1. The lowest BCUT2D eigenvalue weighted by molar-refractivity contribution is -0.123. The Kier molecular flexibility index (Phi) is 6.09. The van der Waals surface area contributed by atoms with Crippen molar-refractivity contribution in [2.24, 2.45) is 11.8 Å². The van der Waals surface area contributed by atoms with Gasteiger partial charge in [0.15, 0.2) is 0 Å². The van der Waals surface area contributed by atoms with Crippen molar-refractivity contribution in [3.63, 3.8) is 0 Å². The van der Waals surface area contributed by atoms with Gasteiger partial charge >= 0.3 is 0 Å². The van der Waals surface area contributed by atoms with Crippen molar-refractivity contribution >= 4 is 5.78 Å². The summed E-state index contributed by atoms with van der Waals surface area (Å²) in [7, 11) is 0. The van der Waals surface area contributed by atoms with Crippen LogP contribution in [-0.2, 0) is 11.2 Å². The number of carbonyl (C=O) groups excluding carboxylic acids is 1. The van der Waals surface area contributed by atoms with E-state index < -0.39 is 0 Å². The number of piperidine rings is 1. The van der Waals surface area contributed by atoms with Gasteiger partial charge in [-0.25, -0.2) is 0 Å². The molecule has 134 valence electrons. The van der Waals surface area contributed by atoms with E-state index in [0.717, 1.165) is 31.6 Å². The number of aryl methyl sites for hydroxylation is 1. The Morgan fingerprint density at radius 1 is 1.12 bits per heavy atom. The maximum atomic E-state index is 11.8. The van der Waals surface area contributed by atoms with Crippen molar-refractivity contribution in [2.45, 2.75) is 71.3 Å². The Balaban J connectivity index is 1.40. The predicted octanol–water partition coefficient (Wildman–Crippen LogP) is 3.87. The summed E-state index contributed by atoms with van der Waals surface area (Å²) < 4.78 is 2.19. The zero-order chi connectivity index (χ0) is 16.9. The second-order valence-electron chi connectivity index (χ2n) is 7.75. The summed E-state index contributed by atoms with van der Waals surface area (Å²) in [5.41, 5.74) is 1.34. The van der Waals surface area contributed by atoms with Gasteiger partial charge in [0, 0.05) is 38.2 Å². The van der Waals surface area contributed by atoms with Crippen LogP contribution in [0.15, 0.2) is 12.4 Å². The molecule has 0 amide bonds. The minimum absolute atomic E-state index is 0.365. The van der Waals surface area contributed by atoms with Crippen LogP contribution in [0.2, 0.25) is 0 Å². The highest BCUT2D eigenvalue weighted by Crippen LogP contribution is 2.31. The van der Waals surface area contributed by atoms with Gasteiger partial charge in [0.05, 0.1) is 12.2 Å². The standard InChI is InChI=1S/C20H33N3O/c1-3-16-13-21-23(15-16)19-9-11-22(12-10-19)14-17-5-7-18(8-6-17)20(24)4-2/h13,15,17-19H,3-12,14H2,1-2H3. The normalized spacial score (nSPS) is 26.6. The third-order valence-corrected chi connectivity index (χ3v) is 6.16. The summed E-state index contributed by atoms with van der Waals surface area (Å²) in [6.07, 6.45) is 13.2. The first-order valence-corrected chi connectivity index (χ1v) is 9.97. The second kappa shape index (κ2) is 8.28. The lowest BCUT2D eigenvalue weighted by atomic mass is 9.79. The number of nitrogens with zero attached hydrogens (tertiary/aromatic N) is 3. The number of hydrogen-bond acceptors (Lipinski definition) is 3. The first-order chi connectivity index (χ1) is 11.7. The number of aromatic nitrogens is 2. The Morgan fingerprint density at radius 2 is 1.83 bits per heavy atom. The molecule has 0 N–H and O–H groups in total. The van der Waals surface area contributed by atoms with E-state index in [9.17, 15) is 4.79 Å². The molecule has 4 nitrogen and oxygen atoms in total. The molecule has 2 aliphatic rings. The largest absolute Gasteiger partial charge is 0.303 e. The fourth-order valence-electron chi connectivity index (χ4n) is 4.45. The molecule has 2 fully saturated rings. The highest BCUT2D eigenvalue weighted by molar-refractivity contribution is 5.80. The second-order valence-corrected chi connectivity index (χ2v) is 7.75. The van der Waals surface area contributed by atoms with E-state index in [2.05, 4.69) is 27.8 Å². The van der Waals surface area contributed by atoms with Crippen LogP contribution in [0.25, 0.3) is 0 Å². The van der Waals surface area contributed by atoms with Gasteiger partial charge in [0.25, 0.3) is 0 Å². The van der Waals surface area contributed by atoms with E-state index in [1.54, 1.807) is 0 Å². The van der Waals surface area contributed by atoms with Crippen molar-refractivity contribution in [1.29, 1.82) is 0 Å². The van der Waals surface area contributed by atoms with Gasteiger partial charge in [0.1, 0.15) is 5.78 Å². The molecular formula is C20H33N3O. The highest BCUT2D eigenvalue weighted by Gasteiger charge is 2.28. The summed E-state index contributed by atoms with van der Waals surface area (Å²) in [4.78, 5) is 14.5. The lowest BCUT2D eigenvalue weighted by Gasteiger charge is -2.36. The van der Waals surface area contributed by atoms with E-state index in [1.165, 1.54) is 50.9 Å². The van der Waals surface area contributed by atoms with E-state index >= 15 is 0 Å². The number of likely N-dealkylation sites (tertiary alicyclic amines) is 1. The van der Waals surface area contributed by atoms with Crippen LogP contribution in [0.3, 0.4) is 0 Å². The summed E-state index contributed by atoms with van der Waals surface area (Å²) in [5.74, 6) is 1.66. The maximum Gasteiger partial charge on any atom is 0.135 e. The van der Waals surface area contributed by atoms with Gasteiger partial charge in [-0.3, -0.25) is 9.48 Å². The van der Waals surface area contributed by atoms with Crippen molar-refractivity contribution in [2.75, 3.05) is 19.6 Å². The third kappa shape index (κ3) is 4.27. The molecule has 1 aromatic rings. The smallest absolute Gasteiger partial charge is 0.135 e. The molecule has 1 aromatic heterocycles. The van der Waals surface area contributed by atoms with Crippen molar-refractivity contribution < 1.29 is 4.79 Å². The maximum absolute atomic E-state index is 11.8. The van der Waals surface area contributed by atoms with Gasteiger partial charge in [-0.1, -0.05) is 13.8 Å². The highest BCUT2D eigenvalue weighted by atomic mass is 16.1. The van der Waals surface area contributed by atoms with Crippen LogP contribution in [0.5, 0.6) is 0 Å². The summed E-state index contributed by atoms with van der Waals surface area (Å²) >= 11 is 0. The molecule has 1 aliphatic carbocycles. The molecule has 24 heavy (non-hydrogen) atoms. The zero-order valence-corrected chi connectivity index (χ0v) is 15.4. The van der Waals surface area contributed by atoms with Crippen LogP contribution < -0.4 is 0 Å². The van der Waals surface area contributed by atoms with Crippen molar-refractivity contribution in [3.05, 3.63) is 18.0 Å². The molecule has 0 aromatic carbocycles. The summed E-state index contributed by atoms with van der Waals surface area (Å²) in [6, 6.07) is 0.583. The molecule has 2 heterocycles. The quantitative estimate of drug-likeness (QED) is 0.794. The van der Waals surface area contributed by atoms with Gasteiger partial charge in [-0.05, 0) is 56.4 Å². The van der Waals surface area contributed by atoms with E-state index in [1.807, 2.05) is 13.1 Å². The molecule has 3 rings (SSSR count). The van der Waals surface area contributed by atoms with E-state index in [0.29, 0.717) is 17.7 Å². The minimum atomic E-state index is 0.365. The molecule has 0 bridgehead atoms. The average molecular weight is 332 g/mol. The topological polar surface area (TPSA) is 38.1 Å². The summed E-state index contributed by atoms with van der Waals surface area (Å²) in [6.45, 7) is 7.81. The Morgan fingerprint density at radius 3 is 2.42 bits per heavy atom. The Bertz CT molecular complexity index is 523. The molecular weight excluding hydrogens is 298 g/mol. The average Bonchev–Trinajstić information content (AvgIpc) is 3.11. The Hall–Kier alpha value is -1.16. The van der Waals surface area contributed by atoms with Crippen LogP contribution in [0, 0.1) is 11.8 Å². The van der Waals surface area contributed by atoms with Crippen molar-refractivity contribution in [1.82, 2.24) is 14.7 Å². The van der Waals surface area contributed by atoms with Gasteiger partial charge in [-0.15, -0.1) is 0 Å². The fraction of sp³-hybridized carbons (Fsp3) is 0.800. The number of rotatable bonds is 6.